The number of amides is 2. The number of likely N-dealkylation sites (tertiary alicyclic amines) is 1. The Labute approximate surface area is 133 Å². The van der Waals surface area contributed by atoms with Gasteiger partial charge in [0.15, 0.2) is 0 Å². The van der Waals surface area contributed by atoms with Gasteiger partial charge < -0.3 is 9.80 Å². The average molecular weight is 308 g/mol. The molecule has 4 rings (SSSR count). The van der Waals surface area contributed by atoms with Crippen LogP contribution in [0, 0.1) is 11.8 Å². The first-order valence-electron chi connectivity index (χ1n) is 7.66. The van der Waals surface area contributed by atoms with E-state index in [4.69, 9.17) is 0 Å². The van der Waals surface area contributed by atoms with Crippen LogP contribution in [0.2, 0.25) is 0 Å². The number of benzene rings is 1. The van der Waals surface area contributed by atoms with Crippen LogP contribution < -0.4 is 4.90 Å². The van der Waals surface area contributed by atoms with Crippen LogP contribution in [0.4, 0.5) is 5.69 Å². The molecule has 0 aliphatic carbocycles. The molecule has 1 aromatic carbocycles. The number of nitrogens with zero attached hydrogens (tertiary/aromatic N) is 4. The molecule has 2 saturated heterocycles. The molecule has 2 aromatic rings. The summed E-state index contributed by atoms with van der Waals surface area (Å²) in [6, 6.07) is 9.69. The van der Waals surface area contributed by atoms with Crippen LogP contribution in [0.3, 0.4) is 0 Å². The number of carbonyl (C=O) groups is 2. The molecule has 3 heterocycles. The summed E-state index contributed by atoms with van der Waals surface area (Å²) in [5.41, 5.74) is 1.26. The van der Waals surface area contributed by atoms with Crippen molar-refractivity contribution in [3.8, 4) is 0 Å². The van der Waals surface area contributed by atoms with E-state index in [-0.39, 0.29) is 23.7 Å². The van der Waals surface area contributed by atoms with Gasteiger partial charge in [-0.15, -0.1) is 0 Å². The first-order chi connectivity index (χ1) is 11.2. The monoisotopic (exact) mass is 308 g/mol. The minimum atomic E-state index is -0.147. The summed E-state index contributed by atoms with van der Waals surface area (Å²) in [7, 11) is 0. The largest absolute Gasteiger partial charge is 0.336 e. The summed E-state index contributed by atoms with van der Waals surface area (Å²) >= 11 is 0. The van der Waals surface area contributed by atoms with Crippen molar-refractivity contribution in [2.75, 3.05) is 24.5 Å². The minimum Gasteiger partial charge on any atom is -0.336 e. The number of anilines is 1. The van der Waals surface area contributed by atoms with Gasteiger partial charge in [0.1, 0.15) is 5.69 Å². The fourth-order valence-corrected chi connectivity index (χ4v) is 3.44. The Bertz CT molecular complexity index is 735. The van der Waals surface area contributed by atoms with Gasteiger partial charge in [-0.1, -0.05) is 18.2 Å². The van der Waals surface area contributed by atoms with Crippen molar-refractivity contribution >= 4 is 17.5 Å². The average Bonchev–Trinajstić information content (AvgIpc) is 3.16. The Morgan fingerprint density at radius 2 is 1.91 bits per heavy atom. The second-order valence-electron chi connectivity index (χ2n) is 5.95. The van der Waals surface area contributed by atoms with Crippen LogP contribution in [0.15, 0.2) is 48.9 Å². The molecule has 2 unspecified atom stereocenters. The minimum absolute atomic E-state index is 0.107. The number of fused-ring (bicyclic) bond motifs is 1. The second kappa shape index (κ2) is 5.46. The number of hydrogen-bond acceptors (Lipinski definition) is 4. The smallest absolute Gasteiger partial charge is 0.274 e. The molecule has 6 nitrogen and oxygen atoms in total. The molecular weight excluding hydrogens is 292 g/mol. The van der Waals surface area contributed by atoms with Crippen molar-refractivity contribution in [1.29, 1.82) is 0 Å². The highest BCUT2D eigenvalue weighted by Gasteiger charge is 2.47. The maximum Gasteiger partial charge on any atom is 0.274 e. The summed E-state index contributed by atoms with van der Waals surface area (Å²) in [6.07, 6.45) is 4.51. The Balaban J connectivity index is 1.49. The number of carbonyl (C=O) groups excluding carboxylic acids is 2. The third kappa shape index (κ3) is 2.36. The highest BCUT2D eigenvalue weighted by molar-refractivity contribution is 5.99. The van der Waals surface area contributed by atoms with Gasteiger partial charge in [0, 0.05) is 43.6 Å². The van der Waals surface area contributed by atoms with E-state index in [1.54, 1.807) is 4.90 Å². The molecule has 2 aliphatic rings. The van der Waals surface area contributed by atoms with Crippen LogP contribution in [0.25, 0.3) is 0 Å². The van der Waals surface area contributed by atoms with Gasteiger partial charge in [-0.25, -0.2) is 4.98 Å². The number of aromatic nitrogens is 2. The van der Waals surface area contributed by atoms with Gasteiger partial charge in [0.05, 0.1) is 12.1 Å². The van der Waals surface area contributed by atoms with Crippen molar-refractivity contribution in [3.05, 3.63) is 54.6 Å². The summed E-state index contributed by atoms with van der Waals surface area (Å²) in [5.74, 6) is 0.0290. The lowest BCUT2D eigenvalue weighted by molar-refractivity contribution is -0.120. The molecule has 2 aliphatic heterocycles. The predicted octanol–water partition coefficient (Wildman–Crippen LogP) is 1.21. The Hall–Kier alpha value is -2.76. The van der Waals surface area contributed by atoms with Gasteiger partial charge in [0.2, 0.25) is 5.91 Å². The molecule has 0 bridgehead atoms. The molecule has 2 atom stereocenters. The summed E-state index contributed by atoms with van der Waals surface area (Å²) in [6.45, 7) is 1.72. The zero-order valence-electron chi connectivity index (χ0n) is 12.5. The molecule has 0 saturated carbocycles. The molecular formula is C17H16N4O2. The molecule has 0 radical (unpaired) electrons. The van der Waals surface area contributed by atoms with E-state index in [0.717, 1.165) is 5.69 Å². The van der Waals surface area contributed by atoms with E-state index in [2.05, 4.69) is 9.97 Å². The van der Waals surface area contributed by atoms with Crippen LogP contribution >= 0.6 is 0 Å². The van der Waals surface area contributed by atoms with Crippen LogP contribution in [-0.2, 0) is 4.79 Å². The first-order valence-corrected chi connectivity index (χ1v) is 7.66. The highest BCUT2D eigenvalue weighted by Crippen LogP contribution is 2.35. The Morgan fingerprint density at radius 3 is 2.61 bits per heavy atom. The SMILES string of the molecule is O=C(c1cnccn1)N1CC2CN(c3ccccc3)C(=O)C2C1. The van der Waals surface area contributed by atoms with E-state index in [1.165, 1.54) is 18.6 Å². The van der Waals surface area contributed by atoms with Crippen molar-refractivity contribution in [1.82, 2.24) is 14.9 Å². The van der Waals surface area contributed by atoms with E-state index >= 15 is 0 Å². The summed E-state index contributed by atoms with van der Waals surface area (Å²) in [5, 5.41) is 0. The van der Waals surface area contributed by atoms with Crippen molar-refractivity contribution < 1.29 is 9.59 Å². The molecule has 2 amide bonds. The fraction of sp³-hybridized carbons (Fsp3) is 0.294. The summed E-state index contributed by atoms with van der Waals surface area (Å²) in [4.78, 5) is 36.6. The molecule has 0 spiro atoms. The zero-order valence-corrected chi connectivity index (χ0v) is 12.5. The van der Waals surface area contributed by atoms with Gasteiger partial charge in [-0.05, 0) is 12.1 Å². The zero-order chi connectivity index (χ0) is 15.8. The third-order valence-electron chi connectivity index (χ3n) is 4.58. The Kier molecular flexibility index (Phi) is 3.29. The molecule has 1 aromatic heterocycles. The van der Waals surface area contributed by atoms with Crippen molar-refractivity contribution in [2.24, 2.45) is 11.8 Å². The number of hydrogen-bond donors (Lipinski definition) is 0. The van der Waals surface area contributed by atoms with Gasteiger partial charge in [-0.2, -0.15) is 0 Å². The van der Waals surface area contributed by atoms with E-state index in [9.17, 15) is 9.59 Å². The molecule has 6 heteroatoms. The topological polar surface area (TPSA) is 66.4 Å². The fourth-order valence-electron chi connectivity index (χ4n) is 3.44. The van der Waals surface area contributed by atoms with E-state index in [0.29, 0.717) is 25.3 Å². The molecule has 2 fully saturated rings. The highest BCUT2D eigenvalue weighted by atomic mass is 16.2. The lowest BCUT2D eigenvalue weighted by Crippen LogP contribution is -2.36. The van der Waals surface area contributed by atoms with Crippen LogP contribution in [-0.4, -0.2) is 46.3 Å². The lowest BCUT2D eigenvalue weighted by Gasteiger charge is -2.21. The first kappa shape index (κ1) is 13.9. The third-order valence-corrected chi connectivity index (χ3v) is 4.58. The maximum absolute atomic E-state index is 12.7. The van der Waals surface area contributed by atoms with E-state index < -0.39 is 0 Å². The number of rotatable bonds is 2. The lowest BCUT2D eigenvalue weighted by atomic mass is 10.0. The predicted molar refractivity (Wildman–Crippen MR) is 83.7 cm³/mol. The van der Waals surface area contributed by atoms with E-state index in [1.807, 2.05) is 35.2 Å². The molecule has 0 N–H and O–H groups in total. The normalized spacial score (nSPS) is 23.2. The van der Waals surface area contributed by atoms with Gasteiger partial charge >= 0.3 is 0 Å². The van der Waals surface area contributed by atoms with Gasteiger partial charge in [-0.3, -0.25) is 14.6 Å². The number of para-hydroxylation sites is 1. The van der Waals surface area contributed by atoms with Crippen LogP contribution in [0.1, 0.15) is 10.5 Å². The van der Waals surface area contributed by atoms with Crippen LogP contribution in [0.5, 0.6) is 0 Å². The van der Waals surface area contributed by atoms with Crippen molar-refractivity contribution in [2.45, 2.75) is 0 Å². The molecule has 116 valence electrons. The molecule has 23 heavy (non-hydrogen) atoms. The van der Waals surface area contributed by atoms with Gasteiger partial charge in [0.25, 0.3) is 5.91 Å². The second-order valence-corrected chi connectivity index (χ2v) is 5.95. The Morgan fingerprint density at radius 1 is 1.09 bits per heavy atom. The maximum atomic E-state index is 12.7. The quantitative estimate of drug-likeness (QED) is 0.836. The standard InChI is InChI=1S/C17H16N4O2/c22-16-14-11-20(17(23)15-8-18-6-7-19-15)9-12(14)10-21(16)13-4-2-1-3-5-13/h1-8,12,14H,9-11H2. The summed E-state index contributed by atoms with van der Waals surface area (Å²) < 4.78 is 0. The van der Waals surface area contributed by atoms with Crippen molar-refractivity contribution in [3.63, 3.8) is 0 Å².